The van der Waals surface area contributed by atoms with Crippen molar-refractivity contribution >= 4 is 21.5 Å². The highest BCUT2D eigenvalue weighted by molar-refractivity contribution is 6.12. The van der Waals surface area contributed by atoms with Crippen molar-refractivity contribution < 1.29 is 0 Å². The highest BCUT2D eigenvalue weighted by atomic mass is 14.1. The Kier molecular flexibility index (Phi) is 2.53. The van der Waals surface area contributed by atoms with Gasteiger partial charge in [-0.1, -0.05) is 78.9 Å². The first-order chi connectivity index (χ1) is 9.93. The van der Waals surface area contributed by atoms with Crippen LogP contribution in [-0.2, 0) is 0 Å². The topological polar surface area (TPSA) is 0 Å². The van der Waals surface area contributed by atoms with Crippen LogP contribution in [-0.4, -0.2) is 0 Å². The average Bonchev–Trinajstić information content (AvgIpc) is 2.53. The minimum atomic E-state index is 1.28. The Morgan fingerprint density at radius 2 is 0.950 bits per heavy atom. The molecule has 0 bridgehead atoms. The Hall–Kier alpha value is -2.60. The van der Waals surface area contributed by atoms with Gasteiger partial charge in [0, 0.05) is 0 Å². The normalized spacial score (nSPS) is 11.0. The molecule has 0 spiro atoms. The van der Waals surface area contributed by atoms with E-state index in [0.29, 0.717) is 0 Å². The first-order valence-electron chi connectivity index (χ1n) is 6.89. The lowest BCUT2D eigenvalue weighted by atomic mass is 9.92. The van der Waals surface area contributed by atoms with Crippen LogP contribution in [0.3, 0.4) is 0 Å². The highest BCUT2D eigenvalue weighted by Gasteiger charge is 2.08. The summed E-state index contributed by atoms with van der Waals surface area (Å²) in [6.45, 7) is 0. The molecule has 0 heteroatoms. The van der Waals surface area contributed by atoms with Gasteiger partial charge in [0.25, 0.3) is 0 Å². The second kappa shape index (κ2) is 4.50. The van der Waals surface area contributed by atoms with Gasteiger partial charge in [0.1, 0.15) is 0 Å². The van der Waals surface area contributed by atoms with Gasteiger partial charge in [-0.2, -0.15) is 0 Å². The van der Waals surface area contributed by atoms with E-state index in [1.165, 1.54) is 32.7 Å². The maximum atomic E-state index is 2.27. The van der Waals surface area contributed by atoms with Crippen LogP contribution in [0.2, 0.25) is 0 Å². The third kappa shape index (κ3) is 1.70. The van der Waals surface area contributed by atoms with Gasteiger partial charge in [0.05, 0.1) is 0 Å². The van der Waals surface area contributed by atoms with Crippen molar-refractivity contribution in [3.8, 4) is 11.1 Å². The standard InChI is InChI=1S/C20H14/c1-2-8-15(9-3-1)20-18-12-6-4-10-16(18)14-17-11-5-7-13-19(17)20/h1-14H. The largest absolute Gasteiger partial charge is 0.0622 e. The summed E-state index contributed by atoms with van der Waals surface area (Å²) in [5.74, 6) is 0. The Balaban J connectivity index is 2.24. The van der Waals surface area contributed by atoms with E-state index in [1.807, 2.05) is 0 Å². The molecule has 4 aromatic carbocycles. The fraction of sp³-hybridized carbons (Fsp3) is 0. The fourth-order valence-corrected chi connectivity index (χ4v) is 2.93. The summed E-state index contributed by atoms with van der Waals surface area (Å²) in [7, 11) is 0. The predicted molar refractivity (Wildman–Crippen MR) is 86.9 cm³/mol. The molecule has 0 amide bonds. The van der Waals surface area contributed by atoms with Crippen LogP contribution in [0.25, 0.3) is 32.7 Å². The molecule has 4 aromatic rings. The number of benzene rings is 4. The Morgan fingerprint density at radius 3 is 1.55 bits per heavy atom. The molecular formula is C20H14. The molecule has 0 atom stereocenters. The lowest BCUT2D eigenvalue weighted by Crippen LogP contribution is -1.84. The predicted octanol–water partition coefficient (Wildman–Crippen LogP) is 5.66. The molecule has 0 unspecified atom stereocenters. The molecule has 0 fully saturated rings. The number of hydrogen-bond donors (Lipinski definition) is 0. The van der Waals surface area contributed by atoms with Gasteiger partial charge in [-0.15, -0.1) is 0 Å². The maximum Gasteiger partial charge on any atom is -0.00268 e. The smallest absolute Gasteiger partial charge is 0.00268 e. The van der Waals surface area contributed by atoms with E-state index in [2.05, 4.69) is 84.9 Å². The minimum Gasteiger partial charge on any atom is -0.0622 e. The molecule has 20 heavy (non-hydrogen) atoms. The maximum absolute atomic E-state index is 2.27. The second-order valence-corrected chi connectivity index (χ2v) is 5.06. The Bertz CT molecular complexity index is 835. The number of rotatable bonds is 1. The van der Waals surface area contributed by atoms with Gasteiger partial charge in [0.15, 0.2) is 0 Å². The van der Waals surface area contributed by atoms with E-state index in [-0.39, 0.29) is 0 Å². The van der Waals surface area contributed by atoms with E-state index in [9.17, 15) is 0 Å². The summed E-state index contributed by atoms with van der Waals surface area (Å²) < 4.78 is 0. The lowest BCUT2D eigenvalue weighted by molar-refractivity contribution is 1.67. The van der Waals surface area contributed by atoms with Crippen LogP contribution in [0.15, 0.2) is 84.9 Å². The summed E-state index contributed by atoms with van der Waals surface area (Å²) in [5, 5.41) is 5.23. The molecule has 0 radical (unpaired) electrons. The summed E-state index contributed by atoms with van der Waals surface area (Å²) >= 11 is 0. The van der Waals surface area contributed by atoms with Gasteiger partial charge in [-0.3, -0.25) is 0 Å². The third-order valence-corrected chi connectivity index (χ3v) is 3.83. The van der Waals surface area contributed by atoms with E-state index in [1.54, 1.807) is 0 Å². The van der Waals surface area contributed by atoms with Crippen LogP contribution < -0.4 is 0 Å². The van der Waals surface area contributed by atoms with Crippen molar-refractivity contribution in [1.29, 1.82) is 0 Å². The zero-order chi connectivity index (χ0) is 13.4. The summed E-state index contributed by atoms with van der Waals surface area (Å²) in [6.07, 6.45) is 0. The van der Waals surface area contributed by atoms with Crippen molar-refractivity contribution in [2.24, 2.45) is 0 Å². The van der Waals surface area contributed by atoms with Gasteiger partial charge in [-0.25, -0.2) is 0 Å². The molecule has 0 heterocycles. The van der Waals surface area contributed by atoms with Gasteiger partial charge in [0.2, 0.25) is 0 Å². The van der Waals surface area contributed by atoms with E-state index in [0.717, 1.165) is 0 Å². The van der Waals surface area contributed by atoms with Crippen LogP contribution >= 0.6 is 0 Å². The summed E-state index contributed by atoms with van der Waals surface area (Å²) in [5.41, 5.74) is 2.61. The fourth-order valence-electron chi connectivity index (χ4n) is 2.93. The summed E-state index contributed by atoms with van der Waals surface area (Å²) in [6, 6.07) is 30.2. The summed E-state index contributed by atoms with van der Waals surface area (Å²) in [4.78, 5) is 0. The SMILES string of the molecule is c1ccc(-c2c3ccccc3cc3ccccc23)cc1. The average molecular weight is 254 g/mol. The first-order valence-corrected chi connectivity index (χ1v) is 6.89. The molecule has 0 aliphatic rings. The Labute approximate surface area is 118 Å². The molecular weight excluding hydrogens is 240 g/mol. The second-order valence-electron chi connectivity index (χ2n) is 5.06. The highest BCUT2D eigenvalue weighted by Crippen LogP contribution is 2.35. The van der Waals surface area contributed by atoms with E-state index < -0.39 is 0 Å². The zero-order valence-corrected chi connectivity index (χ0v) is 11.1. The lowest BCUT2D eigenvalue weighted by Gasteiger charge is -2.11. The van der Waals surface area contributed by atoms with E-state index >= 15 is 0 Å². The molecule has 0 saturated heterocycles. The molecule has 4 rings (SSSR count). The van der Waals surface area contributed by atoms with Crippen molar-refractivity contribution in [2.45, 2.75) is 0 Å². The van der Waals surface area contributed by atoms with Crippen LogP contribution in [0.1, 0.15) is 0 Å². The Morgan fingerprint density at radius 1 is 0.450 bits per heavy atom. The van der Waals surface area contributed by atoms with Crippen molar-refractivity contribution in [3.63, 3.8) is 0 Å². The monoisotopic (exact) mass is 254 g/mol. The quantitative estimate of drug-likeness (QED) is 0.384. The van der Waals surface area contributed by atoms with Crippen LogP contribution in [0.4, 0.5) is 0 Å². The van der Waals surface area contributed by atoms with Gasteiger partial charge >= 0.3 is 0 Å². The molecule has 94 valence electrons. The minimum absolute atomic E-state index is 1.28. The van der Waals surface area contributed by atoms with Crippen molar-refractivity contribution in [1.82, 2.24) is 0 Å². The molecule has 0 N–H and O–H groups in total. The van der Waals surface area contributed by atoms with Crippen molar-refractivity contribution in [3.05, 3.63) is 84.9 Å². The molecule has 0 saturated carbocycles. The molecule has 0 aliphatic heterocycles. The van der Waals surface area contributed by atoms with Crippen LogP contribution in [0, 0.1) is 0 Å². The van der Waals surface area contributed by atoms with Gasteiger partial charge < -0.3 is 0 Å². The van der Waals surface area contributed by atoms with Gasteiger partial charge in [-0.05, 0) is 38.7 Å². The third-order valence-electron chi connectivity index (χ3n) is 3.83. The first kappa shape index (κ1) is 11.2. The van der Waals surface area contributed by atoms with E-state index in [4.69, 9.17) is 0 Å². The molecule has 0 nitrogen and oxygen atoms in total. The van der Waals surface area contributed by atoms with Crippen LogP contribution in [0.5, 0.6) is 0 Å². The molecule has 0 aliphatic carbocycles. The molecule has 0 aromatic heterocycles. The van der Waals surface area contributed by atoms with Crippen molar-refractivity contribution in [2.75, 3.05) is 0 Å². The zero-order valence-electron chi connectivity index (χ0n) is 11.1. The number of hydrogen-bond acceptors (Lipinski definition) is 0. The number of fused-ring (bicyclic) bond motifs is 2.